The monoisotopic (exact) mass is 466 g/mol. The molecule has 11 heteroatoms. The number of ether oxygens (including phenoxy) is 1. The lowest BCUT2D eigenvalue weighted by Gasteiger charge is -2.11. The van der Waals surface area contributed by atoms with E-state index in [4.69, 9.17) is 10.5 Å². The summed E-state index contributed by atoms with van der Waals surface area (Å²) in [7, 11) is 0. The molecule has 174 valence electrons. The number of nitrogens with zero attached hydrogens (tertiary/aromatic N) is 3. The van der Waals surface area contributed by atoms with Crippen molar-refractivity contribution in [1.29, 1.82) is 0 Å². The minimum atomic E-state index is -0.824. The number of nitrogens with two attached hydrogens (primary N) is 1. The van der Waals surface area contributed by atoms with E-state index >= 15 is 0 Å². The number of halogens is 2. The van der Waals surface area contributed by atoms with Crippen LogP contribution < -0.4 is 16.4 Å². The summed E-state index contributed by atoms with van der Waals surface area (Å²) < 4.78 is 35.3. The van der Waals surface area contributed by atoms with E-state index in [1.54, 1.807) is 19.9 Å². The van der Waals surface area contributed by atoms with Crippen LogP contribution in [0.3, 0.4) is 0 Å². The number of nitrogens with one attached hydrogen (secondary N) is 2. The number of urea groups is 1. The third-order valence-corrected chi connectivity index (χ3v) is 4.97. The molecule has 0 aliphatic carbocycles. The van der Waals surface area contributed by atoms with Crippen LogP contribution in [0.15, 0.2) is 48.9 Å². The molecule has 4 rings (SSSR count). The minimum Gasteiger partial charge on any atom is -0.462 e. The Bertz CT molecular complexity index is 1420. The van der Waals surface area contributed by atoms with Gasteiger partial charge in [0.15, 0.2) is 5.82 Å². The smallest absolute Gasteiger partial charge is 0.340 e. The molecule has 0 aliphatic rings. The standard InChI is InChI=1S/C23H20F2N6O3/c1-3-34-22(32)14-10-31-20(21(26)27-11-28-31)19(14)13-5-7-17(16(25)9-13)29-23(33)30-18-8-12(2)4-6-15(18)24/h4-11H,3H2,1-2H3,(H2,26,27,28)(H2,29,30,33). The van der Waals surface area contributed by atoms with Gasteiger partial charge in [0.1, 0.15) is 23.5 Å². The fourth-order valence-electron chi connectivity index (χ4n) is 3.47. The van der Waals surface area contributed by atoms with Gasteiger partial charge in [0, 0.05) is 11.8 Å². The predicted molar refractivity (Wildman–Crippen MR) is 123 cm³/mol. The van der Waals surface area contributed by atoms with E-state index in [0.29, 0.717) is 11.1 Å². The van der Waals surface area contributed by atoms with Crippen LogP contribution >= 0.6 is 0 Å². The molecular weight excluding hydrogens is 446 g/mol. The Labute approximate surface area is 192 Å². The number of aryl methyl sites for hydroxylation is 1. The van der Waals surface area contributed by atoms with Gasteiger partial charge in [-0.2, -0.15) is 5.10 Å². The highest BCUT2D eigenvalue weighted by Gasteiger charge is 2.23. The number of anilines is 3. The topological polar surface area (TPSA) is 124 Å². The van der Waals surface area contributed by atoms with Crippen LogP contribution in [0.25, 0.3) is 16.6 Å². The molecule has 34 heavy (non-hydrogen) atoms. The largest absolute Gasteiger partial charge is 0.462 e. The molecule has 2 amide bonds. The van der Waals surface area contributed by atoms with Crippen molar-refractivity contribution in [2.24, 2.45) is 0 Å². The van der Waals surface area contributed by atoms with Gasteiger partial charge in [-0.1, -0.05) is 12.1 Å². The van der Waals surface area contributed by atoms with Gasteiger partial charge < -0.3 is 21.1 Å². The Kier molecular flexibility index (Phi) is 6.09. The summed E-state index contributed by atoms with van der Waals surface area (Å²) in [5, 5.41) is 8.75. The number of rotatable bonds is 5. The summed E-state index contributed by atoms with van der Waals surface area (Å²) >= 11 is 0. The normalized spacial score (nSPS) is 10.8. The van der Waals surface area contributed by atoms with E-state index in [1.807, 2.05) is 0 Å². The molecule has 0 aliphatic heterocycles. The van der Waals surface area contributed by atoms with E-state index in [9.17, 15) is 18.4 Å². The summed E-state index contributed by atoms with van der Waals surface area (Å²) in [5.74, 6) is -1.96. The van der Waals surface area contributed by atoms with Crippen molar-refractivity contribution in [3.05, 3.63) is 71.7 Å². The Morgan fingerprint density at radius 2 is 1.85 bits per heavy atom. The van der Waals surface area contributed by atoms with Crippen molar-refractivity contribution < 1.29 is 23.1 Å². The lowest BCUT2D eigenvalue weighted by atomic mass is 10.0. The fraction of sp³-hybridized carbons (Fsp3) is 0.130. The first-order valence-corrected chi connectivity index (χ1v) is 10.2. The lowest BCUT2D eigenvalue weighted by molar-refractivity contribution is 0.0527. The Balaban J connectivity index is 1.67. The quantitative estimate of drug-likeness (QED) is 0.375. The maximum Gasteiger partial charge on any atom is 0.340 e. The number of hydrogen-bond acceptors (Lipinski definition) is 6. The van der Waals surface area contributed by atoms with Gasteiger partial charge >= 0.3 is 12.0 Å². The number of fused-ring (bicyclic) bond motifs is 1. The number of amides is 2. The van der Waals surface area contributed by atoms with Crippen LogP contribution in [0.2, 0.25) is 0 Å². The first kappa shape index (κ1) is 22.6. The summed E-state index contributed by atoms with van der Waals surface area (Å²) in [6.07, 6.45) is 2.65. The number of benzene rings is 2. The van der Waals surface area contributed by atoms with Gasteiger partial charge in [-0.05, 0) is 49.2 Å². The number of hydrogen-bond donors (Lipinski definition) is 3. The van der Waals surface area contributed by atoms with Gasteiger partial charge in [0.05, 0.1) is 23.5 Å². The van der Waals surface area contributed by atoms with Gasteiger partial charge in [0.2, 0.25) is 0 Å². The summed E-state index contributed by atoms with van der Waals surface area (Å²) in [4.78, 5) is 28.8. The second-order valence-electron chi connectivity index (χ2n) is 7.33. The molecule has 2 aromatic carbocycles. The highest BCUT2D eigenvalue weighted by atomic mass is 19.1. The second-order valence-corrected chi connectivity index (χ2v) is 7.33. The summed E-state index contributed by atoms with van der Waals surface area (Å²) in [5.41, 5.74) is 7.56. The molecule has 2 aromatic heterocycles. The Morgan fingerprint density at radius 1 is 1.09 bits per heavy atom. The maximum absolute atomic E-state index is 15.0. The summed E-state index contributed by atoms with van der Waals surface area (Å²) in [6, 6.07) is 7.36. The van der Waals surface area contributed by atoms with E-state index in [1.165, 1.54) is 41.3 Å². The van der Waals surface area contributed by atoms with Crippen molar-refractivity contribution in [1.82, 2.24) is 14.6 Å². The molecule has 0 spiro atoms. The van der Waals surface area contributed by atoms with Crippen LogP contribution in [-0.4, -0.2) is 33.2 Å². The van der Waals surface area contributed by atoms with Gasteiger partial charge in [-0.15, -0.1) is 0 Å². The van der Waals surface area contributed by atoms with E-state index in [-0.39, 0.29) is 34.9 Å². The van der Waals surface area contributed by atoms with E-state index < -0.39 is 23.6 Å². The number of esters is 1. The van der Waals surface area contributed by atoms with Crippen LogP contribution in [0.1, 0.15) is 22.8 Å². The number of carbonyl (C=O) groups is 2. The first-order valence-electron chi connectivity index (χ1n) is 10.2. The van der Waals surface area contributed by atoms with E-state index in [2.05, 4.69) is 20.7 Å². The molecule has 4 aromatic rings. The van der Waals surface area contributed by atoms with Crippen LogP contribution in [0.5, 0.6) is 0 Å². The number of aromatic nitrogens is 3. The van der Waals surface area contributed by atoms with Crippen molar-refractivity contribution in [3.63, 3.8) is 0 Å². The van der Waals surface area contributed by atoms with Gasteiger partial charge in [0.25, 0.3) is 0 Å². The van der Waals surface area contributed by atoms with E-state index in [0.717, 1.165) is 11.6 Å². The fourth-order valence-corrected chi connectivity index (χ4v) is 3.47. The molecule has 0 unspecified atom stereocenters. The Morgan fingerprint density at radius 3 is 2.59 bits per heavy atom. The number of nitrogen functional groups attached to an aromatic ring is 1. The molecule has 0 atom stereocenters. The van der Waals surface area contributed by atoms with Gasteiger partial charge in [-0.3, -0.25) is 0 Å². The molecule has 4 N–H and O–H groups in total. The highest BCUT2D eigenvalue weighted by molar-refractivity contribution is 6.05. The predicted octanol–water partition coefficient (Wildman–Crippen LogP) is 4.39. The Hall–Kier alpha value is -4.54. The highest BCUT2D eigenvalue weighted by Crippen LogP contribution is 2.34. The molecule has 9 nitrogen and oxygen atoms in total. The van der Waals surface area contributed by atoms with Crippen LogP contribution in [0.4, 0.5) is 30.8 Å². The van der Waals surface area contributed by atoms with Gasteiger partial charge in [-0.25, -0.2) is 27.9 Å². The zero-order chi connectivity index (χ0) is 24.4. The van der Waals surface area contributed by atoms with Crippen molar-refractivity contribution in [2.75, 3.05) is 23.0 Å². The number of carbonyl (C=O) groups excluding carboxylic acids is 2. The average molecular weight is 466 g/mol. The molecule has 0 radical (unpaired) electrons. The third-order valence-electron chi connectivity index (χ3n) is 4.97. The molecule has 0 saturated heterocycles. The third kappa shape index (κ3) is 4.35. The zero-order valence-corrected chi connectivity index (χ0v) is 18.2. The van der Waals surface area contributed by atoms with Crippen molar-refractivity contribution in [3.8, 4) is 11.1 Å². The van der Waals surface area contributed by atoms with Crippen molar-refractivity contribution >= 4 is 34.7 Å². The molecule has 2 heterocycles. The second kappa shape index (κ2) is 9.14. The molecular formula is C23H20F2N6O3. The van der Waals surface area contributed by atoms with Crippen LogP contribution in [0, 0.1) is 18.6 Å². The maximum atomic E-state index is 15.0. The first-order chi connectivity index (χ1) is 16.3. The van der Waals surface area contributed by atoms with Crippen molar-refractivity contribution in [2.45, 2.75) is 13.8 Å². The minimum absolute atomic E-state index is 0.0376. The molecule has 0 saturated carbocycles. The summed E-state index contributed by atoms with van der Waals surface area (Å²) in [6.45, 7) is 3.55. The molecule has 0 fully saturated rings. The molecule has 0 bridgehead atoms. The average Bonchev–Trinajstić information content (AvgIpc) is 3.19. The lowest BCUT2D eigenvalue weighted by Crippen LogP contribution is -2.20. The zero-order valence-electron chi connectivity index (χ0n) is 18.2. The SMILES string of the molecule is CCOC(=O)c1cn2ncnc(N)c2c1-c1ccc(NC(=O)Nc2cc(C)ccc2F)c(F)c1. The van der Waals surface area contributed by atoms with Crippen LogP contribution in [-0.2, 0) is 4.74 Å².